The quantitative estimate of drug-likeness (QED) is 0.836. The zero-order chi connectivity index (χ0) is 17.3. The zero-order valence-corrected chi connectivity index (χ0v) is 13.6. The van der Waals surface area contributed by atoms with Gasteiger partial charge >= 0.3 is 5.97 Å². The second-order valence-corrected chi connectivity index (χ2v) is 6.61. The second-order valence-electron chi connectivity index (χ2n) is 6.61. The van der Waals surface area contributed by atoms with Gasteiger partial charge in [0.15, 0.2) is 0 Å². The van der Waals surface area contributed by atoms with E-state index in [2.05, 4.69) is 10.4 Å². The van der Waals surface area contributed by atoms with E-state index in [-0.39, 0.29) is 17.7 Å². The molecule has 1 aromatic heterocycles. The Balaban J connectivity index is 1.59. The number of amides is 2. The first kappa shape index (κ1) is 16.5. The van der Waals surface area contributed by atoms with E-state index in [1.54, 1.807) is 29.0 Å². The van der Waals surface area contributed by atoms with E-state index in [4.69, 9.17) is 5.11 Å². The smallest absolute Gasteiger partial charge is 0.306 e. The van der Waals surface area contributed by atoms with E-state index in [0.29, 0.717) is 32.2 Å². The summed E-state index contributed by atoms with van der Waals surface area (Å²) in [4.78, 5) is 37.7. The Morgan fingerprint density at radius 2 is 2.04 bits per heavy atom. The van der Waals surface area contributed by atoms with Gasteiger partial charge in [-0.25, -0.2) is 0 Å². The van der Waals surface area contributed by atoms with Crippen molar-refractivity contribution in [3.8, 4) is 0 Å². The minimum absolute atomic E-state index is 0.137. The highest BCUT2D eigenvalue weighted by atomic mass is 16.4. The van der Waals surface area contributed by atoms with Crippen molar-refractivity contribution in [3.05, 3.63) is 12.4 Å². The van der Waals surface area contributed by atoms with Gasteiger partial charge < -0.3 is 15.3 Å². The Morgan fingerprint density at radius 1 is 1.29 bits per heavy atom. The van der Waals surface area contributed by atoms with Gasteiger partial charge in [-0.15, -0.1) is 0 Å². The number of carboxylic acids is 1. The molecule has 0 aromatic carbocycles. The van der Waals surface area contributed by atoms with Crippen LogP contribution in [0.25, 0.3) is 0 Å². The van der Waals surface area contributed by atoms with Gasteiger partial charge in [0.25, 0.3) is 0 Å². The Labute approximate surface area is 139 Å². The molecule has 2 heterocycles. The van der Waals surface area contributed by atoms with Crippen LogP contribution in [0.5, 0.6) is 0 Å². The summed E-state index contributed by atoms with van der Waals surface area (Å²) in [6, 6.07) is -0.539. The van der Waals surface area contributed by atoms with E-state index < -0.39 is 17.9 Å². The van der Waals surface area contributed by atoms with Gasteiger partial charge in [0.05, 0.1) is 17.8 Å². The maximum Gasteiger partial charge on any atom is 0.306 e. The van der Waals surface area contributed by atoms with Gasteiger partial charge in [0.2, 0.25) is 11.8 Å². The number of aryl methyl sites for hydroxylation is 1. The van der Waals surface area contributed by atoms with E-state index in [1.807, 2.05) is 0 Å². The first-order chi connectivity index (χ1) is 11.5. The largest absolute Gasteiger partial charge is 0.481 e. The summed E-state index contributed by atoms with van der Waals surface area (Å²) in [7, 11) is 1.78. The van der Waals surface area contributed by atoms with Crippen LogP contribution in [0.1, 0.15) is 32.1 Å². The van der Waals surface area contributed by atoms with Crippen molar-refractivity contribution in [2.24, 2.45) is 18.9 Å². The number of nitrogens with zero attached hydrogens (tertiary/aromatic N) is 3. The minimum atomic E-state index is -0.841. The predicted octanol–water partition coefficient (Wildman–Crippen LogP) is 0.533. The van der Waals surface area contributed by atoms with Gasteiger partial charge in [-0.2, -0.15) is 5.10 Å². The molecule has 130 valence electrons. The van der Waals surface area contributed by atoms with Crippen LogP contribution in [0.4, 0.5) is 5.69 Å². The third-order valence-corrected chi connectivity index (χ3v) is 4.92. The van der Waals surface area contributed by atoms with Crippen molar-refractivity contribution in [2.75, 3.05) is 11.4 Å². The van der Waals surface area contributed by atoms with Crippen molar-refractivity contribution in [1.29, 1.82) is 0 Å². The molecule has 1 saturated carbocycles. The van der Waals surface area contributed by atoms with Crippen LogP contribution in [0, 0.1) is 11.8 Å². The first-order valence-corrected chi connectivity index (χ1v) is 8.29. The fourth-order valence-corrected chi connectivity index (χ4v) is 3.56. The predicted molar refractivity (Wildman–Crippen MR) is 85.2 cm³/mol. The number of carbonyl (C=O) groups is 3. The van der Waals surface area contributed by atoms with Crippen molar-refractivity contribution >= 4 is 23.5 Å². The highest BCUT2D eigenvalue weighted by Crippen LogP contribution is 2.30. The van der Waals surface area contributed by atoms with Crippen LogP contribution in [-0.4, -0.2) is 45.3 Å². The van der Waals surface area contributed by atoms with Gasteiger partial charge in [0, 0.05) is 25.7 Å². The number of aliphatic carboxylic acids is 1. The Hall–Kier alpha value is -2.38. The van der Waals surface area contributed by atoms with Crippen LogP contribution < -0.4 is 10.2 Å². The van der Waals surface area contributed by atoms with Gasteiger partial charge in [-0.3, -0.25) is 19.1 Å². The third kappa shape index (κ3) is 3.27. The second kappa shape index (κ2) is 6.62. The Kier molecular flexibility index (Phi) is 4.55. The highest BCUT2D eigenvalue weighted by molar-refractivity contribution is 6.01. The minimum Gasteiger partial charge on any atom is -0.481 e. The maximum absolute atomic E-state index is 12.5. The molecule has 24 heavy (non-hydrogen) atoms. The molecule has 0 unspecified atom stereocenters. The van der Waals surface area contributed by atoms with Crippen molar-refractivity contribution in [1.82, 2.24) is 15.1 Å². The summed E-state index contributed by atoms with van der Waals surface area (Å²) in [5, 5.41) is 16.0. The van der Waals surface area contributed by atoms with E-state index in [9.17, 15) is 14.4 Å². The number of hydrogen-bond donors (Lipinski definition) is 2. The van der Waals surface area contributed by atoms with Gasteiger partial charge in [-0.1, -0.05) is 6.42 Å². The molecule has 1 aliphatic carbocycles. The lowest BCUT2D eigenvalue weighted by Crippen LogP contribution is -2.45. The van der Waals surface area contributed by atoms with Crippen LogP contribution in [0.3, 0.4) is 0 Å². The molecule has 3 atom stereocenters. The molecule has 8 heteroatoms. The molecule has 1 aliphatic heterocycles. The molecule has 1 saturated heterocycles. The fourth-order valence-electron chi connectivity index (χ4n) is 3.56. The third-order valence-electron chi connectivity index (χ3n) is 4.92. The number of nitrogens with one attached hydrogen (secondary N) is 1. The summed E-state index contributed by atoms with van der Waals surface area (Å²) in [5.41, 5.74) is 0.725. The topological polar surface area (TPSA) is 105 Å². The average Bonchev–Trinajstić information content (AvgIpc) is 3.14. The summed E-state index contributed by atoms with van der Waals surface area (Å²) in [6.45, 7) is 0.540. The first-order valence-electron chi connectivity index (χ1n) is 8.29. The number of carboxylic acid groups (broad SMARTS) is 1. The van der Waals surface area contributed by atoms with E-state index in [1.165, 1.54) is 0 Å². The normalized spacial score (nSPS) is 27.3. The molecule has 0 radical (unpaired) electrons. The average molecular weight is 334 g/mol. The molecular formula is C16H22N4O4. The van der Waals surface area contributed by atoms with Crippen LogP contribution >= 0.6 is 0 Å². The summed E-state index contributed by atoms with van der Waals surface area (Å²) < 4.78 is 1.63. The molecule has 2 amide bonds. The Bertz CT molecular complexity index is 656. The number of hydrogen-bond acceptors (Lipinski definition) is 4. The lowest BCUT2D eigenvalue weighted by molar-refractivity contribution is -0.144. The molecule has 8 nitrogen and oxygen atoms in total. The molecule has 2 N–H and O–H groups in total. The summed E-state index contributed by atoms with van der Waals surface area (Å²) >= 11 is 0. The van der Waals surface area contributed by atoms with Crippen LogP contribution in [0.15, 0.2) is 12.4 Å². The molecule has 3 rings (SSSR count). The Morgan fingerprint density at radius 3 is 2.71 bits per heavy atom. The van der Waals surface area contributed by atoms with Gasteiger partial charge in [-0.05, 0) is 25.7 Å². The van der Waals surface area contributed by atoms with Crippen molar-refractivity contribution < 1.29 is 19.5 Å². The van der Waals surface area contributed by atoms with Crippen LogP contribution in [0.2, 0.25) is 0 Å². The standard InChI is InChI=1S/C16H22N4O4/c1-19-9-12(8-17-19)20-6-5-13(15(20)22)18-14(21)10-3-2-4-11(7-10)16(23)24/h8-11,13H,2-7H2,1H3,(H,18,21)(H,23,24)/t10-,11+,13+/m1/s1. The number of carbonyl (C=O) groups excluding carboxylic acids is 2. The van der Waals surface area contributed by atoms with Crippen LogP contribution in [-0.2, 0) is 21.4 Å². The number of rotatable bonds is 4. The molecule has 0 spiro atoms. The lowest BCUT2D eigenvalue weighted by Gasteiger charge is -2.26. The number of anilines is 1. The molecule has 1 aromatic rings. The van der Waals surface area contributed by atoms with Crippen molar-refractivity contribution in [2.45, 2.75) is 38.1 Å². The fraction of sp³-hybridized carbons (Fsp3) is 0.625. The number of aromatic nitrogens is 2. The molecule has 2 aliphatic rings. The lowest BCUT2D eigenvalue weighted by atomic mass is 9.81. The highest BCUT2D eigenvalue weighted by Gasteiger charge is 2.37. The molecule has 2 fully saturated rings. The summed E-state index contributed by atoms with van der Waals surface area (Å²) in [6.07, 6.45) is 6.33. The van der Waals surface area contributed by atoms with Crippen molar-refractivity contribution in [3.63, 3.8) is 0 Å². The maximum atomic E-state index is 12.5. The zero-order valence-electron chi connectivity index (χ0n) is 13.6. The van der Waals surface area contributed by atoms with Gasteiger partial charge in [0.1, 0.15) is 6.04 Å². The van der Waals surface area contributed by atoms with E-state index >= 15 is 0 Å². The summed E-state index contributed by atoms with van der Waals surface area (Å²) in [5.74, 6) is -1.96. The molecule has 0 bridgehead atoms. The SMILES string of the molecule is Cn1cc(N2CC[C@H](NC(=O)[C@@H]3CCC[C@H](C(=O)O)C3)C2=O)cn1. The monoisotopic (exact) mass is 334 g/mol. The molecular weight excluding hydrogens is 312 g/mol. The van der Waals surface area contributed by atoms with E-state index in [0.717, 1.165) is 12.1 Å².